The Morgan fingerprint density at radius 3 is 2.70 bits per heavy atom. The van der Waals surface area contributed by atoms with Crippen LogP contribution in [0.2, 0.25) is 0 Å². The van der Waals surface area contributed by atoms with Gasteiger partial charge in [-0.2, -0.15) is 0 Å². The Kier molecular flexibility index (Phi) is 4.55. The van der Waals surface area contributed by atoms with Gasteiger partial charge in [-0.05, 0) is 34.8 Å². The number of esters is 1. The highest BCUT2D eigenvalue weighted by atomic mass is 79.9. The van der Waals surface area contributed by atoms with Crippen molar-refractivity contribution in [2.24, 2.45) is 0 Å². The zero-order valence-electron chi connectivity index (χ0n) is 11.6. The Bertz CT molecular complexity index is 527. The van der Waals surface area contributed by atoms with Crippen molar-refractivity contribution in [2.75, 3.05) is 13.4 Å². The van der Waals surface area contributed by atoms with Gasteiger partial charge in [0, 0.05) is 11.1 Å². The van der Waals surface area contributed by atoms with E-state index in [1.807, 2.05) is 13.8 Å². The Morgan fingerprint density at radius 2 is 2.10 bits per heavy atom. The summed E-state index contributed by atoms with van der Waals surface area (Å²) in [7, 11) is 0. The normalized spacial score (nSPS) is 14.5. The molecule has 1 N–H and O–H groups in total. The summed E-state index contributed by atoms with van der Waals surface area (Å²) in [6.45, 7) is 5.98. The van der Waals surface area contributed by atoms with Gasteiger partial charge in [-0.25, -0.2) is 4.79 Å². The maximum atomic E-state index is 11.8. The van der Waals surface area contributed by atoms with Crippen molar-refractivity contribution in [3.05, 3.63) is 21.7 Å². The molecule has 0 amide bonds. The van der Waals surface area contributed by atoms with Crippen LogP contribution in [0.5, 0.6) is 11.5 Å². The predicted molar refractivity (Wildman–Crippen MR) is 75.9 cm³/mol. The van der Waals surface area contributed by atoms with Crippen LogP contribution in [0.15, 0.2) is 10.5 Å². The van der Waals surface area contributed by atoms with Gasteiger partial charge in [0.05, 0.1) is 11.1 Å². The predicted octanol–water partition coefficient (Wildman–Crippen LogP) is 2.90. The molecule has 6 heteroatoms. The molecule has 1 aromatic carbocycles. The first-order chi connectivity index (χ1) is 9.47. The second-order valence-corrected chi connectivity index (χ2v) is 5.59. The molecule has 20 heavy (non-hydrogen) atoms. The number of hydrogen-bond acceptors (Lipinski definition) is 5. The van der Waals surface area contributed by atoms with E-state index in [4.69, 9.17) is 14.2 Å². The average molecular weight is 345 g/mol. The van der Waals surface area contributed by atoms with Crippen molar-refractivity contribution in [2.45, 2.75) is 32.8 Å². The average Bonchev–Trinajstić information content (AvgIpc) is 2.87. The molecule has 0 radical (unpaired) electrons. The van der Waals surface area contributed by atoms with E-state index < -0.39 is 12.1 Å². The van der Waals surface area contributed by atoms with E-state index >= 15 is 0 Å². The first-order valence-corrected chi connectivity index (χ1v) is 7.23. The molecule has 0 aromatic heterocycles. The van der Waals surface area contributed by atoms with E-state index in [9.17, 15) is 9.90 Å². The standard InChI is InChI=1S/C14H17BrO5/c1-4-18-14(17)11(16)8-5-9(15)12-13(20-6-19-12)10(8)7(2)3/h5,7,11,16H,4,6H2,1-3H3. The molecule has 0 saturated carbocycles. The molecule has 0 fully saturated rings. The Hall–Kier alpha value is -1.27. The van der Waals surface area contributed by atoms with Crippen LogP contribution in [0.1, 0.15) is 43.9 Å². The second-order valence-electron chi connectivity index (χ2n) is 4.74. The number of aliphatic hydroxyl groups is 1. The molecule has 0 bridgehead atoms. The highest BCUT2D eigenvalue weighted by Crippen LogP contribution is 2.47. The highest BCUT2D eigenvalue weighted by Gasteiger charge is 2.31. The van der Waals surface area contributed by atoms with E-state index in [0.717, 1.165) is 5.56 Å². The molecule has 2 rings (SSSR count). The molecule has 0 spiro atoms. The zero-order valence-corrected chi connectivity index (χ0v) is 13.2. The van der Waals surface area contributed by atoms with Gasteiger partial charge in [0.2, 0.25) is 6.79 Å². The quantitative estimate of drug-likeness (QED) is 0.850. The SMILES string of the molecule is CCOC(=O)C(O)c1cc(Br)c2c(c1C(C)C)OCO2. The van der Waals surface area contributed by atoms with Crippen LogP contribution in [-0.2, 0) is 9.53 Å². The molecule has 110 valence electrons. The van der Waals surface area contributed by atoms with Crippen molar-refractivity contribution >= 4 is 21.9 Å². The van der Waals surface area contributed by atoms with Gasteiger partial charge >= 0.3 is 5.97 Å². The van der Waals surface area contributed by atoms with Gasteiger partial charge < -0.3 is 19.3 Å². The monoisotopic (exact) mass is 344 g/mol. The number of fused-ring (bicyclic) bond motifs is 1. The highest BCUT2D eigenvalue weighted by molar-refractivity contribution is 9.10. The first kappa shape index (κ1) is 15.1. The van der Waals surface area contributed by atoms with Crippen LogP contribution < -0.4 is 9.47 Å². The minimum atomic E-state index is -1.34. The number of rotatable bonds is 4. The number of benzene rings is 1. The van der Waals surface area contributed by atoms with Gasteiger partial charge in [-0.15, -0.1) is 0 Å². The summed E-state index contributed by atoms with van der Waals surface area (Å²) in [6.07, 6.45) is -1.34. The number of carbonyl (C=O) groups excluding carboxylic acids is 1. The van der Waals surface area contributed by atoms with Crippen molar-refractivity contribution < 1.29 is 24.1 Å². The van der Waals surface area contributed by atoms with Crippen LogP contribution in [0.4, 0.5) is 0 Å². The lowest BCUT2D eigenvalue weighted by Crippen LogP contribution is -2.17. The lowest BCUT2D eigenvalue weighted by molar-refractivity contribution is -0.153. The molecule has 5 nitrogen and oxygen atoms in total. The Balaban J connectivity index is 2.52. The molecule has 0 aliphatic carbocycles. The van der Waals surface area contributed by atoms with Crippen molar-refractivity contribution in [1.29, 1.82) is 0 Å². The summed E-state index contributed by atoms with van der Waals surface area (Å²) in [4.78, 5) is 11.8. The van der Waals surface area contributed by atoms with E-state index in [0.29, 0.717) is 21.5 Å². The molecule has 1 aliphatic heterocycles. The fourth-order valence-electron chi connectivity index (χ4n) is 2.24. The van der Waals surface area contributed by atoms with E-state index in [1.54, 1.807) is 13.0 Å². The van der Waals surface area contributed by atoms with Crippen LogP contribution in [0, 0.1) is 0 Å². The van der Waals surface area contributed by atoms with Crippen LogP contribution in [-0.4, -0.2) is 24.5 Å². The molecule has 1 aliphatic rings. The number of hydrogen-bond donors (Lipinski definition) is 1. The first-order valence-electron chi connectivity index (χ1n) is 6.43. The smallest absolute Gasteiger partial charge is 0.339 e. The van der Waals surface area contributed by atoms with Gasteiger partial charge in [-0.3, -0.25) is 0 Å². The van der Waals surface area contributed by atoms with Gasteiger partial charge in [0.25, 0.3) is 0 Å². The minimum Gasteiger partial charge on any atom is -0.464 e. The molecule has 1 unspecified atom stereocenters. The fourth-order valence-corrected chi connectivity index (χ4v) is 2.78. The molecule has 1 heterocycles. The molecular weight excluding hydrogens is 328 g/mol. The van der Waals surface area contributed by atoms with E-state index in [2.05, 4.69) is 15.9 Å². The summed E-state index contributed by atoms with van der Waals surface area (Å²) < 4.78 is 16.4. The third-order valence-corrected chi connectivity index (χ3v) is 3.64. The van der Waals surface area contributed by atoms with Crippen molar-refractivity contribution in [1.82, 2.24) is 0 Å². The molecular formula is C14H17BrO5. The summed E-state index contributed by atoms with van der Waals surface area (Å²) in [5.74, 6) is 0.582. The van der Waals surface area contributed by atoms with Crippen molar-refractivity contribution in [3.8, 4) is 11.5 Å². The van der Waals surface area contributed by atoms with E-state index in [-0.39, 0.29) is 19.3 Å². The molecule has 0 saturated heterocycles. The van der Waals surface area contributed by atoms with Crippen LogP contribution in [0.25, 0.3) is 0 Å². The Morgan fingerprint density at radius 1 is 1.45 bits per heavy atom. The minimum absolute atomic E-state index is 0.0672. The van der Waals surface area contributed by atoms with Crippen LogP contribution >= 0.6 is 15.9 Å². The molecule has 1 atom stereocenters. The van der Waals surface area contributed by atoms with E-state index in [1.165, 1.54) is 0 Å². The van der Waals surface area contributed by atoms with Gasteiger partial charge in [-0.1, -0.05) is 13.8 Å². The number of carbonyl (C=O) groups is 1. The summed E-state index contributed by atoms with van der Waals surface area (Å²) in [5, 5.41) is 10.2. The summed E-state index contributed by atoms with van der Waals surface area (Å²) >= 11 is 3.37. The third kappa shape index (κ3) is 2.62. The van der Waals surface area contributed by atoms with Crippen LogP contribution in [0.3, 0.4) is 0 Å². The Labute approximate surface area is 126 Å². The largest absolute Gasteiger partial charge is 0.464 e. The van der Waals surface area contributed by atoms with Gasteiger partial charge in [0.15, 0.2) is 17.6 Å². The molecule has 1 aromatic rings. The third-order valence-electron chi connectivity index (χ3n) is 3.05. The number of ether oxygens (including phenoxy) is 3. The summed E-state index contributed by atoms with van der Waals surface area (Å²) in [5.41, 5.74) is 1.25. The summed E-state index contributed by atoms with van der Waals surface area (Å²) in [6, 6.07) is 1.68. The topological polar surface area (TPSA) is 65.0 Å². The maximum absolute atomic E-state index is 11.8. The lowest BCUT2D eigenvalue weighted by Gasteiger charge is -2.19. The number of aliphatic hydroxyl groups excluding tert-OH is 1. The maximum Gasteiger partial charge on any atom is 0.339 e. The fraction of sp³-hybridized carbons (Fsp3) is 0.500. The number of halogens is 1. The van der Waals surface area contributed by atoms with Crippen molar-refractivity contribution in [3.63, 3.8) is 0 Å². The van der Waals surface area contributed by atoms with Gasteiger partial charge in [0.1, 0.15) is 0 Å². The zero-order chi connectivity index (χ0) is 14.9. The lowest BCUT2D eigenvalue weighted by atomic mass is 9.92. The second kappa shape index (κ2) is 6.01.